The summed E-state index contributed by atoms with van der Waals surface area (Å²) in [6.45, 7) is 6.64. The molecule has 0 heterocycles. The van der Waals surface area contributed by atoms with Crippen LogP contribution < -0.4 is 5.73 Å². The van der Waals surface area contributed by atoms with Gasteiger partial charge in [0.15, 0.2) is 5.96 Å². The van der Waals surface area contributed by atoms with Crippen molar-refractivity contribution in [2.75, 3.05) is 33.7 Å². The van der Waals surface area contributed by atoms with Gasteiger partial charge in [-0.05, 0) is 33.5 Å². The summed E-state index contributed by atoms with van der Waals surface area (Å²) in [5.41, 5.74) is 7.29. The molecule has 0 radical (unpaired) electrons. The average Bonchev–Trinajstić information content (AvgIpc) is 2.41. The standard InChI is InChI=1S/C15H26N4.HI/c1-5-19(6-2)15(16)17-12-14(18(3)4)13-10-8-7-9-11-13;/h7-11,14H,5-6,12H2,1-4H3,(H2,16,17);1H. The quantitative estimate of drug-likeness (QED) is 0.461. The van der Waals surface area contributed by atoms with Gasteiger partial charge in [0, 0.05) is 13.1 Å². The average molecular weight is 390 g/mol. The number of nitrogens with zero attached hydrogens (tertiary/aromatic N) is 3. The van der Waals surface area contributed by atoms with E-state index >= 15 is 0 Å². The topological polar surface area (TPSA) is 44.9 Å². The van der Waals surface area contributed by atoms with Crippen LogP contribution in [0.1, 0.15) is 25.5 Å². The van der Waals surface area contributed by atoms with Crippen molar-refractivity contribution in [2.45, 2.75) is 19.9 Å². The molecule has 1 unspecified atom stereocenters. The van der Waals surface area contributed by atoms with Gasteiger partial charge in [0.25, 0.3) is 0 Å². The first kappa shape index (κ1) is 19.2. The Morgan fingerprint density at radius 3 is 2.15 bits per heavy atom. The highest BCUT2D eigenvalue weighted by Gasteiger charge is 2.13. The first-order valence-electron chi connectivity index (χ1n) is 6.86. The van der Waals surface area contributed by atoms with Gasteiger partial charge in [-0.3, -0.25) is 4.99 Å². The number of hydrogen-bond donors (Lipinski definition) is 1. The lowest BCUT2D eigenvalue weighted by Gasteiger charge is -2.25. The number of nitrogens with two attached hydrogens (primary N) is 1. The molecule has 0 saturated heterocycles. The molecule has 1 aromatic rings. The van der Waals surface area contributed by atoms with Gasteiger partial charge in [-0.2, -0.15) is 0 Å². The molecule has 5 heteroatoms. The van der Waals surface area contributed by atoms with Gasteiger partial charge in [-0.25, -0.2) is 0 Å². The van der Waals surface area contributed by atoms with Gasteiger partial charge in [0.05, 0.1) is 12.6 Å². The lowest BCUT2D eigenvalue weighted by atomic mass is 10.1. The Morgan fingerprint density at radius 2 is 1.70 bits per heavy atom. The van der Waals surface area contributed by atoms with Crippen LogP contribution in [0, 0.1) is 0 Å². The van der Waals surface area contributed by atoms with Crippen LogP contribution in [0.15, 0.2) is 35.3 Å². The van der Waals surface area contributed by atoms with Crippen molar-refractivity contribution < 1.29 is 0 Å². The molecule has 0 amide bonds. The Balaban J connectivity index is 0.00000361. The zero-order valence-corrected chi connectivity index (χ0v) is 15.2. The second-order valence-corrected chi connectivity index (χ2v) is 4.76. The maximum atomic E-state index is 6.02. The first-order chi connectivity index (χ1) is 9.10. The summed E-state index contributed by atoms with van der Waals surface area (Å²) in [5, 5.41) is 0. The van der Waals surface area contributed by atoms with Crippen molar-refractivity contribution in [3.05, 3.63) is 35.9 Å². The van der Waals surface area contributed by atoms with Crippen molar-refractivity contribution >= 4 is 29.9 Å². The summed E-state index contributed by atoms with van der Waals surface area (Å²) < 4.78 is 0. The molecule has 0 aliphatic rings. The Labute approximate surface area is 140 Å². The molecule has 114 valence electrons. The van der Waals surface area contributed by atoms with Crippen molar-refractivity contribution in [1.29, 1.82) is 0 Å². The lowest BCUT2D eigenvalue weighted by Crippen LogP contribution is -2.37. The first-order valence-corrected chi connectivity index (χ1v) is 6.86. The summed E-state index contributed by atoms with van der Waals surface area (Å²) in [4.78, 5) is 8.78. The van der Waals surface area contributed by atoms with Crippen molar-refractivity contribution in [3.8, 4) is 0 Å². The van der Waals surface area contributed by atoms with Crippen LogP contribution in [0.2, 0.25) is 0 Å². The molecule has 1 aromatic carbocycles. The molecule has 0 bridgehead atoms. The van der Waals surface area contributed by atoms with E-state index < -0.39 is 0 Å². The van der Waals surface area contributed by atoms with Crippen molar-refractivity contribution in [1.82, 2.24) is 9.80 Å². The molecule has 0 aliphatic heterocycles. The van der Waals surface area contributed by atoms with Gasteiger partial charge in [-0.1, -0.05) is 30.3 Å². The Morgan fingerprint density at radius 1 is 1.15 bits per heavy atom. The maximum absolute atomic E-state index is 6.02. The highest BCUT2D eigenvalue weighted by molar-refractivity contribution is 14.0. The van der Waals surface area contributed by atoms with Crippen LogP contribution >= 0.6 is 24.0 Å². The monoisotopic (exact) mass is 390 g/mol. The molecule has 20 heavy (non-hydrogen) atoms. The fourth-order valence-corrected chi connectivity index (χ4v) is 2.07. The molecule has 0 aromatic heterocycles. The SMILES string of the molecule is CCN(CC)C(N)=NCC(c1ccccc1)N(C)C.I. The van der Waals surface area contributed by atoms with Crippen LogP contribution in [-0.4, -0.2) is 49.5 Å². The van der Waals surface area contributed by atoms with E-state index in [-0.39, 0.29) is 30.0 Å². The van der Waals surface area contributed by atoms with Crippen LogP contribution in [0.4, 0.5) is 0 Å². The van der Waals surface area contributed by atoms with Crippen molar-refractivity contribution in [2.24, 2.45) is 10.7 Å². The Kier molecular flexibility index (Phi) is 9.58. The third-order valence-corrected chi connectivity index (χ3v) is 3.32. The molecule has 4 nitrogen and oxygen atoms in total. The molecular weight excluding hydrogens is 363 g/mol. The molecular formula is C15H27IN4. The minimum absolute atomic E-state index is 0. The Hall–Kier alpha value is -0.820. The summed E-state index contributed by atoms with van der Waals surface area (Å²) in [5.74, 6) is 0.632. The predicted molar refractivity (Wildman–Crippen MR) is 97.7 cm³/mol. The number of hydrogen-bond acceptors (Lipinski definition) is 2. The summed E-state index contributed by atoms with van der Waals surface area (Å²) >= 11 is 0. The van der Waals surface area contributed by atoms with E-state index in [1.807, 2.05) is 6.07 Å². The third-order valence-electron chi connectivity index (χ3n) is 3.32. The van der Waals surface area contributed by atoms with Crippen LogP contribution in [-0.2, 0) is 0 Å². The number of aliphatic imine (C=N–C) groups is 1. The van der Waals surface area contributed by atoms with E-state index in [9.17, 15) is 0 Å². The maximum Gasteiger partial charge on any atom is 0.191 e. The zero-order chi connectivity index (χ0) is 14.3. The van der Waals surface area contributed by atoms with E-state index in [0.717, 1.165) is 13.1 Å². The second kappa shape index (κ2) is 9.99. The number of benzene rings is 1. The van der Waals surface area contributed by atoms with Gasteiger partial charge in [0.2, 0.25) is 0 Å². The second-order valence-electron chi connectivity index (χ2n) is 4.76. The van der Waals surface area contributed by atoms with Gasteiger partial charge in [0.1, 0.15) is 0 Å². The predicted octanol–water partition coefficient (Wildman–Crippen LogP) is 2.56. The van der Waals surface area contributed by atoms with Crippen LogP contribution in [0.5, 0.6) is 0 Å². The van der Waals surface area contributed by atoms with E-state index in [2.05, 4.69) is 67.0 Å². The largest absolute Gasteiger partial charge is 0.370 e. The van der Waals surface area contributed by atoms with E-state index in [1.54, 1.807) is 0 Å². The zero-order valence-electron chi connectivity index (χ0n) is 12.9. The molecule has 0 saturated carbocycles. The molecule has 0 spiro atoms. The van der Waals surface area contributed by atoms with Crippen molar-refractivity contribution in [3.63, 3.8) is 0 Å². The lowest BCUT2D eigenvalue weighted by molar-refractivity contribution is 0.305. The minimum Gasteiger partial charge on any atom is -0.370 e. The van der Waals surface area contributed by atoms with Crippen LogP contribution in [0.25, 0.3) is 0 Å². The smallest absolute Gasteiger partial charge is 0.191 e. The summed E-state index contributed by atoms with van der Waals surface area (Å²) in [6.07, 6.45) is 0. The van der Waals surface area contributed by atoms with E-state index in [4.69, 9.17) is 5.73 Å². The highest BCUT2D eigenvalue weighted by atomic mass is 127. The Bertz CT molecular complexity index is 388. The van der Waals surface area contributed by atoms with Gasteiger partial charge in [-0.15, -0.1) is 24.0 Å². The summed E-state index contributed by atoms with van der Waals surface area (Å²) in [6, 6.07) is 10.7. The third kappa shape index (κ3) is 5.66. The highest BCUT2D eigenvalue weighted by Crippen LogP contribution is 2.18. The van der Waals surface area contributed by atoms with Gasteiger partial charge >= 0.3 is 0 Å². The molecule has 1 rings (SSSR count). The number of halogens is 1. The number of guanidine groups is 1. The van der Waals surface area contributed by atoms with E-state index in [1.165, 1.54) is 5.56 Å². The molecule has 0 fully saturated rings. The normalized spacial score (nSPS) is 12.9. The van der Waals surface area contributed by atoms with E-state index in [0.29, 0.717) is 12.5 Å². The number of likely N-dealkylation sites (N-methyl/N-ethyl adjacent to an activating group) is 1. The fraction of sp³-hybridized carbons (Fsp3) is 0.533. The summed E-state index contributed by atoms with van der Waals surface area (Å²) in [7, 11) is 4.14. The molecule has 0 aliphatic carbocycles. The molecule has 2 N–H and O–H groups in total. The van der Waals surface area contributed by atoms with Gasteiger partial charge < -0.3 is 15.5 Å². The molecule has 1 atom stereocenters. The fourth-order valence-electron chi connectivity index (χ4n) is 2.07. The minimum atomic E-state index is 0. The van der Waals surface area contributed by atoms with Crippen LogP contribution in [0.3, 0.4) is 0 Å². The number of rotatable bonds is 6.